The first-order valence-corrected chi connectivity index (χ1v) is 6.46. The van der Waals surface area contributed by atoms with Gasteiger partial charge in [0, 0.05) is 25.1 Å². The molecule has 0 fully saturated rings. The number of nitrogens with two attached hydrogens (primary N) is 1. The summed E-state index contributed by atoms with van der Waals surface area (Å²) in [5.74, 6) is 0.714. The lowest BCUT2D eigenvalue weighted by Gasteiger charge is -2.24. The second-order valence-electron chi connectivity index (χ2n) is 4.52. The summed E-state index contributed by atoms with van der Waals surface area (Å²) >= 11 is 0. The Hall–Kier alpha value is -2.24. The van der Waals surface area contributed by atoms with Crippen molar-refractivity contribution in [2.45, 2.75) is 26.3 Å². The maximum atomic E-state index is 12.3. The molecule has 110 valence electrons. The molecular weight excluding hydrogens is 258 g/mol. The lowest BCUT2D eigenvalue weighted by molar-refractivity contribution is 0.0747. The Balaban J connectivity index is 2.73. The van der Waals surface area contributed by atoms with Crippen LogP contribution in [0.5, 0.6) is 5.75 Å². The zero-order chi connectivity index (χ0) is 15.1. The Labute approximate surface area is 118 Å². The van der Waals surface area contributed by atoms with Gasteiger partial charge in [0.05, 0.1) is 6.61 Å². The molecule has 0 aliphatic rings. The van der Waals surface area contributed by atoms with Gasteiger partial charge in [-0.25, -0.2) is 0 Å². The number of amides is 1. The van der Waals surface area contributed by atoms with E-state index in [-0.39, 0.29) is 17.8 Å². The Morgan fingerprint density at radius 1 is 1.45 bits per heavy atom. The van der Waals surface area contributed by atoms with Crippen LogP contribution in [-0.4, -0.2) is 41.5 Å². The molecule has 1 aromatic carbocycles. The number of nitrogens with zero attached hydrogens (tertiary/aromatic N) is 2. The van der Waals surface area contributed by atoms with Gasteiger partial charge in [-0.1, -0.05) is 5.16 Å². The van der Waals surface area contributed by atoms with Crippen molar-refractivity contribution in [3.63, 3.8) is 0 Å². The number of benzene rings is 1. The van der Waals surface area contributed by atoms with E-state index in [4.69, 9.17) is 15.7 Å². The highest BCUT2D eigenvalue weighted by Crippen LogP contribution is 2.14. The molecule has 6 nitrogen and oxygen atoms in total. The van der Waals surface area contributed by atoms with Crippen LogP contribution in [0.3, 0.4) is 0 Å². The van der Waals surface area contributed by atoms with E-state index >= 15 is 0 Å². The highest BCUT2D eigenvalue weighted by molar-refractivity contribution is 5.94. The molecule has 0 radical (unpaired) electrons. The van der Waals surface area contributed by atoms with Crippen molar-refractivity contribution >= 4 is 11.7 Å². The average Bonchev–Trinajstić information content (AvgIpc) is 2.46. The number of rotatable bonds is 6. The van der Waals surface area contributed by atoms with Gasteiger partial charge in [-0.3, -0.25) is 4.79 Å². The van der Waals surface area contributed by atoms with Crippen molar-refractivity contribution < 1.29 is 14.7 Å². The van der Waals surface area contributed by atoms with E-state index < -0.39 is 0 Å². The van der Waals surface area contributed by atoms with E-state index in [0.29, 0.717) is 18.6 Å². The first kappa shape index (κ1) is 15.8. The molecule has 0 aliphatic heterocycles. The molecule has 0 saturated carbocycles. The molecule has 1 amide bonds. The molecule has 0 aromatic heterocycles. The van der Waals surface area contributed by atoms with E-state index in [1.165, 1.54) is 0 Å². The largest absolute Gasteiger partial charge is 0.494 e. The van der Waals surface area contributed by atoms with Crippen LogP contribution in [-0.2, 0) is 0 Å². The molecule has 0 spiro atoms. The maximum Gasteiger partial charge on any atom is 0.253 e. The lowest BCUT2D eigenvalue weighted by Crippen LogP contribution is -2.37. The fourth-order valence-corrected chi connectivity index (χ4v) is 1.74. The molecular formula is C14H21N3O3. The molecule has 0 aliphatic carbocycles. The number of hydrogen-bond donors (Lipinski definition) is 2. The first-order chi connectivity index (χ1) is 9.49. The van der Waals surface area contributed by atoms with Crippen molar-refractivity contribution in [1.29, 1.82) is 0 Å². The molecule has 6 heteroatoms. The smallest absolute Gasteiger partial charge is 0.253 e. The Kier molecular flexibility index (Phi) is 5.83. The van der Waals surface area contributed by atoms with Gasteiger partial charge in [0.1, 0.15) is 11.6 Å². The second-order valence-corrected chi connectivity index (χ2v) is 4.52. The van der Waals surface area contributed by atoms with Crippen molar-refractivity contribution in [3.05, 3.63) is 29.8 Å². The minimum Gasteiger partial charge on any atom is -0.494 e. The topological polar surface area (TPSA) is 88.2 Å². The summed E-state index contributed by atoms with van der Waals surface area (Å²) in [7, 11) is 1.69. The summed E-state index contributed by atoms with van der Waals surface area (Å²) in [5.41, 5.74) is 6.02. The van der Waals surface area contributed by atoms with Crippen LogP contribution in [0.1, 0.15) is 30.6 Å². The predicted octanol–water partition coefficient (Wildman–Crippen LogP) is 1.68. The van der Waals surface area contributed by atoms with Gasteiger partial charge in [-0.15, -0.1) is 0 Å². The number of ether oxygens (including phenoxy) is 1. The standard InChI is InChI=1S/C14H21N3O3/c1-4-20-12-7-5-11(6-8-12)14(18)17(3)10(2)9-13(15)16-19/h5-8,10,19H,4,9H2,1-3H3,(H2,15,16). The van der Waals surface area contributed by atoms with Crippen molar-refractivity contribution in [3.8, 4) is 5.75 Å². The summed E-state index contributed by atoms with van der Waals surface area (Å²) in [6.07, 6.45) is 0.315. The summed E-state index contributed by atoms with van der Waals surface area (Å²) in [5, 5.41) is 11.5. The summed E-state index contributed by atoms with van der Waals surface area (Å²) in [6, 6.07) is 6.81. The van der Waals surface area contributed by atoms with E-state index in [2.05, 4.69) is 5.16 Å². The summed E-state index contributed by atoms with van der Waals surface area (Å²) < 4.78 is 5.33. The third-order valence-corrected chi connectivity index (χ3v) is 3.03. The number of amidine groups is 1. The number of hydrogen-bond acceptors (Lipinski definition) is 4. The minimum atomic E-state index is -0.162. The van der Waals surface area contributed by atoms with Crippen LogP contribution >= 0.6 is 0 Å². The second kappa shape index (κ2) is 7.37. The fourth-order valence-electron chi connectivity index (χ4n) is 1.74. The van der Waals surface area contributed by atoms with Crippen LogP contribution in [0.15, 0.2) is 29.4 Å². The Bertz CT molecular complexity index is 471. The number of oxime groups is 1. The SMILES string of the molecule is CCOc1ccc(C(=O)N(C)C(C)CC(N)=NO)cc1. The summed E-state index contributed by atoms with van der Waals surface area (Å²) in [6.45, 7) is 4.33. The normalized spacial score (nSPS) is 12.8. The Morgan fingerprint density at radius 2 is 2.05 bits per heavy atom. The molecule has 1 unspecified atom stereocenters. The van der Waals surface area contributed by atoms with Crippen LogP contribution in [0.4, 0.5) is 0 Å². The van der Waals surface area contributed by atoms with Gasteiger partial charge in [0.15, 0.2) is 0 Å². The van der Waals surface area contributed by atoms with E-state index in [0.717, 1.165) is 5.75 Å². The monoisotopic (exact) mass is 279 g/mol. The summed E-state index contributed by atoms with van der Waals surface area (Å²) in [4.78, 5) is 13.8. The first-order valence-electron chi connectivity index (χ1n) is 6.46. The molecule has 3 N–H and O–H groups in total. The molecule has 20 heavy (non-hydrogen) atoms. The minimum absolute atomic E-state index is 0.101. The highest BCUT2D eigenvalue weighted by Gasteiger charge is 2.18. The van der Waals surface area contributed by atoms with Crippen LogP contribution < -0.4 is 10.5 Å². The van der Waals surface area contributed by atoms with Crippen LogP contribution in [0, 0.1) is 0 Å². The number of carbonyl (C=O) groups excluding carboxylic acids is 1. The van der Waals surface area contributed by atoms with Gasteiger partial charge in [-0.05, 0) is 38.1 Å². The van der Waals surface area contributed by atoms with Crippen molar-refractivity contribution in [1.82, 2.24) is 4.90 Å². The van der Waals surface area contributed by atoms with Gasteiger partial charge in [-0.2, -0.15) is 0 Å². The molecule has 0 heterocycles. The van der Waals surface area contributed by atoms with Gasteiger partial charge >= 0.3 is 0 Å². The van der Waals surface area contributed by atoms with E-state index in [1.807, 2.05) is 13.8 Å². The molecule has 1 atom stereocenters. The van der Waals surface area contributed by atoms with E-state index in [1.54, 1.807) is 36.2 Å². The quantitative estimate of drug-likeness (QED) is 0.359. The van der Waals surface area contributed by atoms with Gasteiger partial charge in [0.25, 0.3) is 5.91 Å². The number of carbonyl (C=O) groups is 1. The highest BCUT2D eigenvalue weighted by atomic mass is 16.5. The fraction of sp³-hybridized carbons (Fsp3) is 0.429. The van der Waals surface area contributed by atoms with Crippen LogP contribution in [0.25, 0.3) is 0 Å². The zero-order valence-electron chi connectivity index (χ0n) is 12.0. The lowest BCUT2D eigenvalue weighted by atomic mass is 10.1. The third-order valence-electron chi connectivity index (χ3n) is 3.03. The van der Waals surface area contributed by atoms with Crippen molar-refractivity contribution in [2.24, 2.45) is 10.9 Å². The average molecular weight is 279 g/mol. The van der Waals surface area contributed by atoms with Gasteiger partial charge < -0.3 is 20.6 Å². The zero-order valence-corrected chi connectivity index (χ0v) is 12.0. The van der Waals surface area contributed by atoms with Gasteiger partial charge in [0.2, 0.25) is 0 Å². The predicted molar refractivity (Wildman–Crippen MR) is 77.2 cm³/mol. The molecule has 1 aromatic rings. The maximum absolute atomic E-state index is 12.3. The third kappa shape index (κ3) is 4.15. The molecule has 0 bridgehead atoms. The molecule has 0 saturated heterocycles. The van der Waals surface area contributed by atoms with E-state index in [9.17, 15) is 4.79 Å². The van der Waals surface area contributed by atoms with Crippen LogP contribution in [0.2, 0.25) is 0 Å². The Morgan fingerprint density at radius 3 is 2.55 bits per heavy atom. The van der Waals surface area contributed by atoms with Crippen molar-refractivity contribution in [2.75, 3.05) is 13.7 Å². The molecule has 1 rings (SSSR count).